The maximum atomic E-state index is 5.78. The quantitative estimate of drug-likeness (QED) is 0.434. The summed E-state index contributed by atoms with van der Waals surface area (Å²) in [5, 5.41) is 3.83. The topological polar surface area (TPSA) is 40.0 Å². The number of aryl methyl sites for hydroxylation is 2. The van der Waals surface area contributed by atoms with Crippen molar-refractivity contribution < 1.29 is 14.3 Å². The third kappa shape index (κ3) is 4.96. The fraction of sp³-hybridized carbons (Fsp3) is 0.438. The van der Waals surface area contributed by atoms with Gasteiger partial charge in [0.2, 0.25) is 0 Å². The molecule has 0 saturated heterocycles. The first-order valence-corrected chi connectivity index (χ1v) is 6.63. The summed E-state index contributed by atoms with van der Waals surface area (Å²) in [5.41, 5.74) is 2.89. The average Bonchev–Trinajstić information content (AvgIpc) is 2.38. The van der Waals surface area contributed by atoms with Crippen molar-refractivity contribution in [1.29, 1.82) is 0 Å². The van der Waals surface area contributed by atoms with Crippen molar-refractivity contribution in [1.82, 2.24) is 0 Å². The van der Waals surface area contributed by atoms with E-state index in [1.807, 2.05) is 52.0 Å². The molecule has 0 aliphatic heterocycles. The van der Waals surface area contributed by atoms with Gasteiger partial charge in [-0.25, -0.2) is 0 Å². The van der Waals surface area contributed by atoms with Crippen molar-refractivity contribution in [3.05, 3.63) is 35.4 Å². The maximum absolute atomic E-state index is 5.78. The van der Waals surface area contributed by atoms with Gasteiger partial charge in [0.25, 0.3) is 0 Å². The van der Waals surface area contributed by atoms with Gasteiger partial charge in [-0.15, -0.1) is 0 Å². The lowest BCUT2D eigenvalue weighted by Gasteiger charge is -2.14. The largest absolute Gasteiger partial charge is 0.490 e. The number of nitrogens with zero attached hydrogens (tertiary/aromatic N) is 1. The molecule has 0 aliphatic rings. The molecule has 0 spiro atoms. The second-order valence-corrected chi connectivity index (χ2v) is 4.56. The smallest absolute Gasteiger partial charge is 0.129 e. The number of hydrogen-bond donors (Lipinski definition) is 0. The van der Waals surface area contributed by atoms with Crippen LogP contribution >= 0.6 is 0 Å². The Balaban J connectivity index is 2.76. The van der Waals surface area contributed by atoms with Gasteiger partial charge in [0.1, 0.15) is 31.8 Å². The molecule has 1 aromatic rings. The van der Waals surface area contributed by atoms with E-state index in [4.69, 9.17) is 14.3 Å². The molecule has 0 heterocycles. The minimum absolute atomic E-state index is 0.411. The third-order valence-corrected chi connectivity index (χ3v) is 2.69. The van der Waals surface area contributed by atoms with E-state index in [0.717, 1.165) is 28.3 Å². The van der Waals surface area contributed by atoms with E-state index in [1.54, 1.807) is 0 Å². The highest BCUT2D eigenvalue weighted by atomic mass is 16.6. The highest BCUT2D eigenvalue weighted by Gasteiger charge is 2.08. The molecule has 0 fully saturated rings. The van der Waals surface area contributed by atoms with Crippen LogP contribution in [0.2, 0.25) is 0 Å². The number of rotatable bonds is 7. The van der Waals surface area contributed by atoms with E-state index in [1.165, 1.54) is 7.11 Å². The molecule has 20 heavy (non-hydrogen) atoms. The Labute approximate surface area is 121 Å². The van der Waals surface area contributed by atoms with E-state index < -0.39 is 0 Å². The van der Waals surface area contributed by atoms with Gasteiger partial charge >= 0.3 is 0 Å². The first-order valence-electron chi connectivity index (χ1n) is 6.63. The molecule has 110 valence electrons. The monoisotopic (exact) mass is 277 g/mol. The molecule has 1 aromatic carbocycles. The molecule has 0 amide bonds. The van der Waals surface area contributed by atoms with Crippen LogP contribution in [0.3, 0.4) is 0 Å². The van der Waals surface area contributed by atoms with Crippen LogP contribution in [-0.4, -0.2) is 26.0 Å². The van der Waals surface area contributed by atoms with Crippen molar-refractivity contribution in [3.63, 3.8) is 0 Å². The molecule has 0 aliphatic carbocycles. The normalized spacial score (nSPS) is 11.8. The second-order valence-electron chi connectivity index (χ2n) is 4.56. The minimum atomic E-state index is 0.411. The molecule has 4 heteroatoms. The summed E-state index contributed by atoms with van der Waals surface area (Å²) in [5.74, 6) is 1.72. The molecule has 0 aromatic heterocycles. The fourth-order valence-electron chi connectivity index (χ4n) is 1.82. The summed E-state index contributed by atoms with van der Waals surface area (Å²) < 4.78 is 11.4. The Kier molecular flexibility index (Phi) is 6.64. The summed E-state index contributed by atoms with van der Waals surface area (Å²) in [6.45, 7) is 8.84. The number of benzene rings is 1. The fourth-order valence-corrected chi connectivity index (χ4v) is 1.82. The highest BCUT2D eigenvalue weighted by molar-refractivity contribution is 5.82. The number of ether oxygens (including phenoxy) is 2. The first-order chi connectivity index (χ1) is 9.58. The SMILES string of the molecule is C/C=C/COc1cc(C)c(OC/C(C)=N\OC)c(C)c1. The van der Waals surface area contributed by atoms with Crippen LogP contribution in [0.15, 0.2) is 29.4 Å². The van der Waals surface area contributed by atoms with Gasteiger partial charge < -0.3 is 14.3 Å². The standard InChI is InChI=1S/C16H23NO3/c1-6-7-8-19-15-9-12(2)16(13(3)10-15)20-11-14(4)17-18-5/h6-7,9-10H,8,11H2,1-5H3/b7-6+,17-14-. The van der Waals surface area contributed by atoms with Crippen molar-refractivity contribution in [2.75, 3.05) is 20.3 Å². The molecular formula is C16H23NO3. The van der Waals surface area contributed by atoms with E-state index in [0.29, 0.717) is 13.2 Å². The van der Waals surface area contributed by atoms with Crippen molar-refractivity contribution in [3.8, 4) is 11.5 Å². The Morgan fingerprint density at radius 2 is 1.85 bits per heavy atom. The van der Waals surface area contributed by atoms with E-state index >= 15 is 0 Å². The van der Waals surface area contributed by atoms with Crippen LogP contribution in [0.1, 0.15) is 25.0 Å². The van der Waals surface area contributed by atoms with Crippen LogP contribution in [0, 0.1) is 13.8 Å². The van der Waals surface area contributed by atoms with Gasteiger partial charge in [0, 0.05) is 0 Å². The molecule has 4 nitrogen and oxygen atoms in total. The molecular weight excluding hydrogens is 254 g/mol. The Morgan fingerprint density at radius 1 is 1.20 bits per heavy atom. The van der Waals surface area contributed by atoms with Crippen molar-refractivity contribution in [2.45, 2.75) is 27.7 Å². The zero-order valence-corrected chi connectivity index (χ0v) is 12.9. The molecule has 0 radical (unpaired) electrons. The van der Waals surface area contributed by atoms with E-state index in [-0.39, 0.29) is 0 Å². The lowest BCUT2D eigenvalue weighted by molar-refractivity contribution is 0.209. The van der Waals surface area contributed by atoms with Gasteiger partial charge in [-0.05, 0) is 51.0 Å². The summed E-state index contributed by atoms with van der Waals surface area (Å²) in [6.07, 6.45) is 3.94. The summed E-state index contributed by atoms with van der Waals surface area (Å²) in [4.78, 5) is 4.71. The molecule has 0 N–H and O–H groups in total. The number of allylic oxidation sites excluding steroid dienone is 1. The molecule has 0 atom stereocenters. The van der Waals surface area contributed by atoms with Crippen LogP contribution < -0.4 is 9.47 Å². The minimum Gasteiger partial charge on any atom is -0.490 e. The molecule has 0 saturated carbocycles. The predicted molar refractivity (Wildman–Crippen MR) is 81.8 cm³/mol. The van der Waals surface area contributed by atoms with Gasteiger partial charge in [-0.3, -0.25) is 0 Å². The Bertz CT molecular complexity index is 469. The average molecular weight is 277 g/mol. The first kappa shape index (κ1) is 16.1. The zero-order valence-electron chi connectivity index (χ0n) is 12.9. The van der Waals surface area contributed by atoms with E-state index in [9.17, 15) is 0 Å². The number of hydrogen-bond acceptors (Lipinski definition) is 4. The van der Waals surface area contributed by atoms with Crippen LogP contribution in [-0.2, 0) is 4.84 Å². The highest BCUT2D eigenvalue weighted by Crippen LogP contribution is 2.28. The number of oxime groups is 1. The van der Waals surface area contributed by atoms with E-state index in [2.05, 4.69) is 5.16 Å². The van der Waals surface area contributed by atoms with Crippen LogP contribution in [0.5, 0.6) is 11.5 Å². The van der Waals surface area contributed by atoms with Crippen LogP contribution in [0.25, 0.3) is 0 Å². The summed E-state index contributed by atoms with van der Waals surface area (Å²) in [7, 11) is 1.52. The van der Waals surface area contributed by atoms with Gasteiger partial charge in [-0.1, -0.05) is 17.3 Å². The van der Waals surface area contributed by atoms with Crippen molar-refractivity contribution >= 4 is 5.71 Å². The summed E-state index contributed by atoms with van der Waals surface area (Å²) >= 11 is 0. The molecule has 0 unspecified atom stereocenters. The van der Waals surface area contributed by atoms with Gasteiger partial charge in [-0.2, -0.15) is 0 Å². The summed E-state index contributed by atoms with van der Waals surface area (Å²) in [6, 6.07) is 3.96. The van der Waals surface area contributed by atoms with Gasteiger partial charge in [0.15, 0.2) is 0 Å². The van der Waals surface area contributed by atoms with Crippen molar-refractivity contribution in [2.24, 2.45) is 5.16 Å². The third-order valence-electron chi connectivity index (χ3n) is 2.69. The molecule has 0 bridgehead atoms. The van der Waals surface area contributed by atoms with Crippen LogP contribution in [0.4, 0.5) is 0 Å². The Hall–Kier alpha value is -1.97. The molecule has 1 rings (SSSR count). The predicted octanol–water partition coefficient (Wildman–Crippen LogP) is 3.66. The zero-order chi connectivity index (χ0) is 15.0. The van der Waals surface area contributed by atoms with Gasteiger partial charge in [0.05, 0.1) is 5.71 Å². The second kappa shape index (κ2) is 8.25. The maximum Gasteiger partial charge on any atom is 0.129 e. The lowest BCUT2D eigenvalue weighted by Crippen LogP contribution is -2.09. The lowest BCUT2D eigenvalue weighted by atomic mass is 10.1. The Morgan fingerprint density at radius 3 is 2.40 bits per heavy atom.